The Balaban J connectivity index is 1.79. The molecule has 0 N–H and O–H groups in total. The van der Waals surface area contributed by atoms with Gasteiger partial charge in [0.05, 0.1) is 30.7 Å². The highest BCUT2D eigenvalue weighted by Gasteiger charge is 2.72. The van der Waals surface area contributed by atoms with Crippen LogP contribution in [0.4, 0.5) is 5.69 Å². The lowest BCUT2D eigenvalue weighted by Crippen LogP contribution is -2.52. The van der Waals surface area contributed by atoms with E-state index in [0.29, 0.717) is 5.56 Å². The summed E-state index contributed by atoms with van der Waals surface area (Å²) in [5, 5.41) is 0. The summed E-state index contributed by atoms with van der Waals surface area (Å²) in [7, 11) is 1.38. The van der Waals surface area contributed by atoms with E-state index in [4.69, 9.17) is 18.9 Å². The number of benzene rings is 1. The molecule has 10 heteroatoms. The van der Waals surface area contributed by atoms with Crippen LogP contribution < -0.4 is 9.64 Å². The van der Waals surface area contributed by atoms with Gasteiger partial charge in [0.25, 0.3) is 6.29 Å². The number of Topliss-reactive ketones (excluding diaryl/α,β-unsaturated/α-hetero) is 1. The molecule has 2 fully saturated rings. The number of methoxy groups -OCH3 is 1. The molecule has 0 aromatic heterocycles. The van der Waals surface area contributed by atoms with Crippen molar-refractivity contribution in [2.45, 2.75) is 38.8 Å². The Morgan fingerprint density at radius 2 is 1.72 bits per heavy atom. The monoisotopic (exact) mass is 443 g/mol. The van der Waals surface area contributed by atoms with Crippen molar-refractivity contribution in [2.24, 2.45) is 11.8 Å². The third-order valence-corrected chi connectivity index (χ3v) is 5.82. The second-order valence-corrected chi connectivity index (χ2v) is 7.80. The molecule has 0 spiro atoms. The molecule has 10 nitrogen and oxygen atoms in total. The van der Waals surface area contributed by atoms with Crippen molar-refractivity contribution in [2.75, 3.05) is 12.0 Å². The number of carbonyl (C=O) groups excluding carboxylic acids is 5. The Morgan fingerprint density at radius 1 is 1.06 bits per heavy atom. The van der Waals surface area contributed by atoms with Gasteiger partial charge in [0.2, 0.25) is 11.8 Å². The van der Waals surface area contributed by atoms with Crippen molar-refractivity contribution in [1.82, 2.24) is 0 Å². The number of amides is 2. The molecule has 32 heavy (non-hydrogen) atoms. The van der Waals surface area contributed by atoms with Crippen LogP contribution in [0.2, 0.25) is 0 Å². The number of carbonyl (C=O) groups is 5. The number of fused-ring (bicyclic) bond motifs is 5. The van der Waals surface area contributed by atoms with Gasteiger partial charge in [0.15, 0.2) is 11.4 Å². The van der Waals surface area contributed by atoms with Crippen LogP contribution in [0.3, 0.4) is 0 Å². The smallest absolute Gasteiger partial charge is 0.305 e. The van der Waals surface area contributed by atoms with E-state index in [1.165, 1.54) is 38.3 Å². The van der Waals surface area contributed by atoms with E-state index in [1.807, 2.05) is 0 Å². The molecular weight excluding hydrogens is 422 g/mol. The molecule has 0 unspecified atom stereocenters. The lowest BCUT2D eigenvalue weighted by atomic mass is 9.76. The lowest BCUT2D eigenvalue weighted by molar-refractivity contribution is -0.226. The quantitative estimate of drug-likeness (QED) is 0.209. The minimum absolute atomic E-state index is 0.121. The summed E-state index contributed by atoms with van der Waals surface area (Å²) in [6, 6.07) is 4.45. The summed E-state index contributed by atoms with van der Waals surface area (Å²) in [5.74, 6) is -4.76. The minimum atomic E-state index is -1.65. The number of hydrogen-bond donors (Lipinski definition) is 0. The van der Waals surface area contributed by atoms with Crippen LogP contribution in [0.25, 0.3) is 0 Å². The average molecular weight is 443 g/mol. The number of rotatable bonds is 6. The van der Waals surface area contributed by atoms with Gasteiger partial charge in [-0.25, -0.2) is 4.90 Å². The summed E-state index contributed by atoms with van der Waals surface area (Å²) in [6.07, 6.45) is 0.736. The Hall–Kier alpha value is -3.53. The maximum absolute atomic E-state index is 13.6. The van der Waals surface area contributed by atoms with Crippen LogP contribution in [-0.2, 0) is 33.4 Å². The van der Waals surface area contributed by atoms with Gasteiger partial charge in [0.1, 0.15) is 5.75 Å². The molecule has 2 amide bonds. The normalized spacial score (nSPS) is 27.7. The molecule has 168 valence electrons. The van der Waals surface area contributed by atoms with Gasteiger partial charge in [-0.3, -0.25) is 24.0 Å². The topological polar surface area (TPSA) is 126 Å². The molecule has 3 aliphatic heterocycles. The zero-order valence-corrected chi connectivity index (χ0v) is 17.8. The molecule has 3 heterocycles. The van der Waals surface area contributed by atoms with Gasteiger partial charge in [0, 0.05) is 19.4 Å². The largest absolute Gasteiger partial charge is 0.495 e. The molecule has 1 aromatic carbocycles. The zero-order valence-electron chi connectivity index (χ0n) is 17.8. The van der Waals surface area contributed by atoms with E-state index in [9.17, 15) is 24.0 Å². The van der Waals surface area contributed by atoms with E-state index in [0.717, 1.165) is 18.7 Å². The highest BCUT2D eigenvalue weighted by Crippen LogP contribution is 2.55. The molecule has 2 saturated heterocycles. The summed E-state index contributed by atoms with van der Waals surface area (Å²) < 4.78 is 21.6. The third-order valence-electron chi connectivity index (χ3n) is 5.82. The first-order chi connectivity index (χ1) is 15.1. The van der Waals surface area contributed by atoms with Crippen molar-refractivity contribution >= 4 is 35.2 Å². The van der Waals surface area contributed by atoms with Gasteiger partial charge in [-0.05, 0) is 31.2 Å². The van der Waals surface area contributed by atoms with Crippen LogP contribution in [0.5, 0.6) is 5.75 Å². The van der Waals surface area contributed by atoms with E-state index in [2.05, 4.69) is 0 Å². The van der Waals surface area contributed by atoms with Crippen molar-refractivity contribution in [3.63, 3.8) is 0 Å². The maximum Gasteiger partial charge on any atom is 0.305 e. The average Bonchev–Trinajstić information content (AvgIpc) is 3.37. The Morgan fingerprint density at radius 3 is 2.28 bits per heavy atom. The van der Waals surface area contributed by atoms with Gasteiger partial charge in [-0.1, -0.05) is 6.08 Å². The maximum atomic E-state index is 13.6. The van der Waals surface area contributed by atoms with E-state index in [-0.39, 0.29) is 17.2 Å². The summed E-state index contributed by atoms with van der Waals surface area (Å²) in [4.78, 5) is 63.1. The number of anilines is 1. The Labute approximate surface area is 183 Å². The van der Waals surface area contributed by atoms with Gasteiger partial charge in [-0.2, -0.15) is 0 Å². The number of imide groups is 1. The fourth-order valence-corrected chi connectivity index (χ4v) is 4.54. The van der Waals surface area contributed by atoms with Gasteiger partial charge < -0.3 is 18.9 Å². The minimum Gasteiger partial charge on any atom is -0.495 e. The predicted molar refractivity (Wildman–Crippen MR) is 107 cm³/mol. The molecule has 3 aliphatic rings. The van der Waals surface area contributed by atoms with E-state index >= 15 is 0 Å². The molecule has 0 aliphatic carbocycles. The molecule has 4 rings (SSSR count). The van der Waals surface area contributed by atoms with Gasteiger partial charge >= 0.3 is 11.9 Å². The van der Waals surface area contributed by atoms with Crippen molar-refractivity contribution in [3.05, 3.63) is 35.9 Å². The number of ether oxygens (including phenoxy) is 4. The van der Waals surface area contributed by atoms with Crippen LogP contribution in [0.15, 0.2) is 30.4 Å². The fraction of sp³-hybridized carbons (Fsp3) is 0.409. The van der Waals surface area contributed by atoms with Crippen LogP contribution in [0, 0.1) is 11.8 Å². The Kier molecular flexibility index (Phi) is 5.12. The molecule has 0 saturated carbocycles. The number of ketones is 1. The number of hydrogen-bond acceptors (Lipinski definition) is 9. The second kappa shape index (κ2) is 7.56. The first-order valence-corrected chi connectivity index (χ1v) is 9.89. The summed E-state index contributed by atoms with van der Waals surface area (Å²) in [6.45, 7) is 3.62. The first kappa shape index (κ1) is 21.7. The number of esters is 2. The predicted octanol–water partition coefficient (Wildman–Crippen LogP) is 1.16. The van der Waals surface area contributed by atoms with Gasteiger partial charge in [-0.15, -0.1) is 0 Å². The lowest BCUT2D eigenvalue weighted by Gasteiger charge is -2.34. The molecule has 0 radical (unpaired) electrons. The SMILES string of the molecule is COc1ccc(C(C)=O)cc1N1C(=O)[C@@H]2[C@@H](C1=O)[C@]1(C(OC(C)=O)OC(C)=O)C=C[C@H]2O1. The van der Waals surface area contributed by atoms with Crippen molar-refractivity contribution in [1.29, 1.82) is 0 Å². The fourth-order valence-electron chi connectivity index (χ4n) is 4.54. The Bertz CT molecular complexity index is 1060. The molecule has 2 bridgehead atoms. The standard InChI is InChI=1S/C22H21NO9/c1-10(24)13-5-6-15(29-4)14(9-13)23-19(27)17-16-7-8-22(32-16,18(17)20(23)28)21(30-11(2)25)31-12(3)26/h5-9,16-18,21H,1-4H3/t16-,17+,18+,22+/m1/s1. The molecule has 4 atom stereocenters. The summed E-state index contributed by atoms with van der Waals surface area (Å²) in [5.41, 5.74) is -1.24. The highest BCUT2D eigenvalue weighted by molar-refractivity contribution is 6.24. The van der Waals surface area contributed by atoms with Crippen molar-refractivity contribution < 1.29 is 42.9 Å². The third kappa shape index (κ3) is 3.10. The van der Waals surface area contributed by atoms with Crippen LogP contribution >= 0.6 is 0 Å². The highest BCUT2D eigenvalue weighted by atomic mass is 16.7. The summed E-state index contributed by atoms with van der Waals surface area (Å²) >= 11 is 0. The first-order valence-electron chi connectivity index (χ1n) is 9.89. The van der Waals surface area contributed by atoms with Crippen LogP contribution in [0.1, 0.15) is 31.1 Å². The molecule has 1 aromatic rings. The van der Waals surface area contributed by atoms with Crippen LogP contribution in [-0.4, -0.2) is 54.6 Å². The number of nitrogens with zero attached hydrogens (tertiary/aromatic N) is 1. The van der Waals surface area contributed by atoms with E-state index in [1.54, 1.807) is 6.08 Å². The second-order valence-electron chi connectivity index (χ2n) is 7.80. The molecular formula is C22H21NO9. The van der Waals surface area contributed by atoms with E-state index < -0.39 is 53.6 Å². The zero-order chi connectivity index (χ0) is 23.4. The van der Waals surface area contributed by atoms with Crippen molar-refractivity contribution in [3.8, 4) is 5.75 Å².